The summed E-state index contributed by atoms with van der Waals surface area (Å²) in [7, 11) is 0. The summed E-state index contributed by atoms with van der Waals surface area (Å²) in [4.78, 5) is 10.6. The zero-order valence-electron chi connectivity index (χ0n) is 7.97. The Hall–Kier alpha value is -1.88. The van der Waals surface area contributed by atoms with Crippen molar-refractivity contribution in [1.29, 1.82) is 0 Å². The van der Waals surface area contributed by atoms with Crippen LogP contribution in [0, 0.1) is 0 Å². The quantitative estimate of drug-likeness (QED) is 0.681. The average molecular weight is 205 g/mol. The number of nitrogens with one attached hydrogen (secondary N) is 1. The van der Waals surface area contributed by atoms with Crippen LogP contribution in [-0.4, -0.2) is 27.3 Å². The van der Waals surface area contributed by atoms with Gasteiger partial charge in [0.25, 0.3) is 0 Å². The van der Waals surface area contributed by atoms with E-state index in [0.717, 1.165) is 16.5 Å². The van der Waals surface area contributed by atoms with Gasteiger partial charge in [-0.1, -0.05) is 18.2 Å². The van der Waals surface area contributed by atoms with Crippen molar-refractivity contribution in [1.82, 2.24) is 10.2 Å². The molecular formula is C10H11N3O2. The van der Waals surface area contributed by atoms with E-state index in [1.165, 1.54) is 0 Å². The van der Waals surface area contributed by atoms with Crippen LogP contribution in [0.3, 0.4) is 0 Å². The predicted octanol–water partition coefficient (Wildman–Crippen LogP) is 0.517. The van der Waals surface area contributed by atoms with Crippen LogP contribution in [0.25, 0.3) is 10.9 Å². The van der Waals surface area contributed by atoms with E-state index in [1.54, 1.807) is 6.20 Å². The molecule has 0 aliphatic heterocycles. The minimum absolute atomic E-state index is 0.300. The first-order chi connectivity index (χ1) is 7.18. The lowest BCUT2D eigenvalue weighted by molar-refractivity contribution is -0.138. The molecular weight excluding hydrogens is 194 g/mol. The van der Waals surface area contributed by atoms with Crippen LogP contribution < -0.4 is 5.73 Å². The summed E-state index contributed by atoms with van der Waals surface area (Å²) in [5, 5.41) is 16.4. The Balaban J connectivity index is 2.35. The Morgan fingerprint density at radius 3 is 3.13 bits per heavy atom. The summed E-state index contributed by atoms with van der Waals surface area (Å²) >= 11 is 0. The van der Waals surface area contributed by atoms with E-state index in [4.69, 9.17) is 10.8 Å². The smallest absolute Gasteiger partial charge is 0.320 e. The van der Waals surface area contributed by atoms with E-state index in [0.29, 0.717) is 6.42 Å². The van der Waals surface area contributed by atoms with E-state index in [1.807, 2.05) is 18.2 Å². The number of aromatic amines is 1. The summed E-state index contributed by atoms with van der Waals surface area (Å²) in [6.45, 7) is 0. The van der Waals surface area contributed by atoms with Gasteiger partial charge in [-0.05, 0) is 5.56 Å². The number of rotatable bonds is 3. The van der Waals surface area contributed by atoms with Crippen molar-refractivity contribution < 1.29 is 9.90 Å². The number of hydrogen-bond acceptors (Lipinski definition) is 3. The van der Waals surface area contributed by atoms with Gasteiger partial charge in [-0.25, -0.2) is 0 Å². The van der Waals surface area contributed by atoms with Gasteiger partial charge in [-0.15, -0.1) is 0 Å². The van der Waals surface area contributed by atoms with Gasteiger partial charge >= 0.3 is 5.97 Å². The lowest BCUT2D eigenvalue weighted by Crippen LogP contribution is -2.32. The molecule has 1 aromatic heterocycles. The molecule has 0 bridgehead atoms. The second-order valence-corrected chi connectivity index (χ2v) is 3.40. The second kappa shape index (κ2) is 3.70. The molecule has 15 heavy (non-hydrogen) atoms. The third-order valence-corrected chi connectivity index (χ3v) is 2.32. The summed E-state index contributed by atoms with van der Waals surface area (Å²) in [6, 6.07) is 4.75. The Bertz CT molecular complexity index is 492. The first kappa shape index (κ1) is 9.67. The van der Waals surface area contributed by atoms with Gasteiger partial charge in [-0.2, -0.15) is 5.10 Å². The Labute approximate surface area is 85.9 Å². The number of carboxylic acids is 1. The molecule has 0 aliphatic rings. The molecule has 0 amide bonds. The predicted molar refractivity (Wildman–Crippen MR) is 55.4 cm³/mol. The number of nitrogens with two attached hydrogens (primary N) is 1. The molecule has 0 saturated carbocycles. The van der Waals surface area contributed by atoms with E-state index in [2.05, 4.69) is 10.2 Å². The van der Waals surface area contributed by atoms with E-state index in [-0.39, 0.29) is 0 Å². The van der Waals surface area contributed by atoms with Crippen molar-refractivity contribution >= 4 is 16.9 Å². The SMILES string of the molecule is NC(Cc1cccc2cn[nH]c12)C(=O)O. The standard InChI is InChI=1S/C10H11N3O2/c11-8(10(14)15)4-6-2-1-3-7-5-12-13-9(6)7/h1-3,5,8H,4,11H2,(H,12,13)(H,14,15). The van der Waals surface area contributed by atoms with Gasteiger partial charge in [0.1, 0.15) is 6.04 Å². The van der Waals surface area contributed by atoms with Crippen molar-refractivity contribution in [3.8, 4) is 0 Å². The first-order valence-electron chi connectivity index (χ1n) is 4.58. The molecule has 1 atom stereocenters. The maximum absolute atomic E-state index is 10.6. The Kier molecular flexibility index (Phi) is 2.39. The number of carboxylic acid groups (broad SMARTS) is 1. The fourth-order valence-corrected chi connectivity index (χ4v) is 1.52. The van der Waals surface area contributed by atoms with Crippen LogP contribution in [0.15, 0.2) is 24.4 Å². The number of hydrogen-bond donors (Lipinski definition) is 3. The van der Waals surface area contributed by atoms with Gasteiger partial charge in [0.05, 0.1) is 11.7 Å². The topological polar surface area (TPSA) is 92.0 Å². The summed E-state index contributed by atoms with van der Waals surface area (Å²) in [6.07, 6.45) is 2.00. The number of aromatic nitrogens is 2. The van der Waals surface area contributed by atoms with Gasteiger partial charge in [0.2, 0.25) is 0 Å². The van der Waals surface area contributed by atoms with Crippen molar-refractivity contribution in [2.45, 2.75) is 12.5 Å². The first-order valence-corrected chi connectivity index (χ1v) is 4.58. The summed E-state index contributed by atoms with van der Waals surface area (Å²) in [5.74, 6) is -0.994. The molecule has 1 unspecified atom stereocenters. The molecule has 2 aromatic rings. The van der Waals surface area contributed by atoms with Crippen molar-refractivity contribution in [2.24, 2.45) is 5.73 Å². The molecule has 1 aromatic carbocycles. The molecule has 78 valence electrons. The molecule has 0 fully saturated rings. The number of nitrogens with zero attached hydrogens (tertiary/aromatic N) is 1. The van der Waals surface area contributed by atoms with Crippen molar-refractivity contribution in [3.63, 3.8) is 0 Å². The highest BCUT2D eigenvalue weighted by Gasteiger charge is 2.14. The summed E-state index contributed by atoms with van der Waals surface area (Å²) in [5.41, 5.74) is 7.21. The molecule has 0 saturated heterocycles. The monoisotopic (exact) mass is 205 g/mol. The van der Waals surface area contributed by atoms with Gasteiger partial charge in [0.15, 0.2) is 0 Å². The fourth-order valence-electron chi connectivity index (χ4n) is 1.52. The van der Waals surface area contributed by atoms with E-state index in [9.17, 15) is 4.79 Å². The second-order valence-electron chi connectivity index (χ2n) is 3.40. The number of H-pyrrole nitrogens is 1. The zero-order valence-corrected chi connectivity index (χ0v) is 7.97. The molecule has 0 aliphatic carbocycles. The third kappa shape index (κ3) is 1.82. The highest BCUT2D eigenvalue weighted by atomic mass is 16.4. The molecule has 5 nitrogen and oxygen atoms in total. The van der Waals surface area contributed by atoms with Gasteiger partial charge in [0, 0.05) is 11.8 Å². The van der Waals surface area contributed by atoms with Crippen molar-refractivity contribution in [3.05, 3.63) is 30.0 Å². The molecule has 2 rings (SSSR count). The molecule has 5 heteroatoms. The number of para-hydroxylation sites is 1. The van der Waals surface area contributed by atoms with Crippen LogP contribution in [0.2, 0.25) is 0 Å². The van der Waals surface area contributed by atoms with Gasteiger partial charge in [-0.3, -0.25) is 9.89 Å². The Morgan fingerprint density at radius 1 is 1.60 bits per heavy atom. The average Bonchev–Trinajstić information content (AvgIpc) is 2.66. The number of aliphatic carboxylic acids is 1. The highest BCUT2D eigenvalue weighted by Crippen LogP contribution is 2.16. The van der Waals surface area contributed by atoms with Crippen LogP contribution in [0.4, 0.5) is 0 Å². The minimum atomic E-state index is -0.994. The lowest BCUT2D eigenvalue weighted by Gasteiger charge is -2.06. The van der Waals surface area contributed by atoms with E-state index >= 15 is 0 Å². The number of fused-ring (bicyclic) bond motifs is 1. The molecule has 0 radical (unpaired) electrons. The minimum Gasteiger partial charge on any atom is -0.480 e. The fraction of sp³-hybridized carbons (Fsp3) is 0.200. The van der Waals surface area contributed by atoms with E-state index < -0.39 is 12.0 Å². The van der Waals surface area contributed by atoms with Crippen LogP contribution >= 0.6 is 0 Å². The number of benzene rings is 1. The normalized spacial score (nSPS) is 12.9. The third-order valence-electron chi connectivity index (χ3n) is 2.32. The largest absolute Gasteiger partial charge is 0.480 e. The molecule has 4 N–H and O–H groups in total. The van der Waals surface area contributed by atoms with Gasteiger partial charge < -0.3 is 10.8 Å². The molecule has 1 heterocycles. The number of carbonyl (C=O) groups is 1. The highest BCUT2D eigenvalue weighted by molar-refractivity contribution is 5.82. The van der Waals surface area contributed by atoms with Crippen LogP contribution in [-0.2, 0) is 11.2 Å². The van der Waals surface area contributed by atoms with Crippen LogP contribution in [0.5, 0.6) is 0 Å². The lowest BCUT2D eigenvalue weighted by atomic mass is 10.0. The van der Waals surface area contributed by atoms with Crippen molar-refractivity contribution in [2.75, 3.05) is 0 Å². The maximum atomic E-state index is 10.6. The summed E-state index contributed by atoms with van der Waals surface area (Å²) < 4.78 is 0. The van der Waals surface area contributed by atoms with Crippen LogP contribution in [0.1, 0.15) is 5.56 Å². The zero-order chi connectivity index (χ0) is 10.8. The molecule has 0 spiro atoms. The Morgan fingerprint density at radius 2 is 2.40 bits per heavy atom. The maximum Gasteiger partial charge on any atom is 0.320 e.